The Morgan fingerprint density at radius 3 is 2.82 bits per heavy atom. The summed E-state index contributed by atoms with van der Waals surface area (Å²) in [6.07, 6.45) is 5.99. The van der Waals surface area contributed by atoms with Crippen molar-refractivity contribution in [3.05, 3.63) is 54.4 Å². The Kier molecular flexibility index (Phi) is 4.64. The first-order valence-electron chi connectivity index (χ1n) is 7.52. The average molecular weight is 315 g/mol. The molecule has 114 valence electrons. The third kappa shape index (κ3) is 3.09. The van der Waals surface area contributed by atoms with Crippen molar-refractivity contribution in [2.75, 3.05) is 12.5 Å². The van der Waals surface area contributed by atoms with Crippen LogP contribution in [0, 0.1) is 6.92 Å². The van der Waals surface area contributed by atoms with E-state index in [2.05, 4.69) is 17.4 Å². The minimum absolute atomic E-state index is 0.677. The van der Waals surface area contributed by atoms with Crippen molar-refractivity contribution < 1.29 is 4.74 Å². The zero-order chi connectivity index (χ0) is 15.4. The van der Waals surface area contributed by atoms with Gasteiger partial charge in [0, 0.05) is 23.8 Å². The molecule has 0 saturated heterocycles. The van der Waals surface area contributed by atoms with E-state index in [0.717, 1.165) is 41.1 Å². The molecule has 0 unspecified atom stereocenters. The molecule has 3 nitrogen and oxygen atoms in total. The van der Waals surface area contributed by atoms with Gasteiger partial charge < -0.3 is 9.14 Å². The van der Waals surface area contributed by atoms with E-state index >= 15 is 0 Å². The Bertz CT molecular complexity index is 767. The highest BCUT2D eigenvalue weighted by Crippen LogP contribution is 2.29. The van der Waals surface area contributed by atoms with Gasteiger partial charge in [-0.3, -0.25) is 0 Å². The standard InChI is InChI=1S/C18H19ClN2O/c1-14-7-6-11-21-13-16(20-18(14)21)15-8-2-3-9-17(15)22-12-5-4-10-19/h2-3,6-9,11,13H,4-5,10,12H2,1H3. The Balaban J connectivity index is 1.91. The molecule has 0 saturated carbocycles. The summed E-state index contributed by atoms with van der Waals surface area (Å²) in [6, 6.07) is 12.1. The van der Waals surface area contributed by atoms with Gasteiger partial charge in [-0.05, 0) is 43.5 Å². The maximum atomic E-state index is 5.91. The summed E-state index contributed by atoms with van der Waals surface area (Å²) in [5, 5.41) is 0. The van der Waals surface area contributed by atoms with Crippen molar-refractivity contribution in [3.8, 4) is 17.0 Å². The van der Waals surface area contributed by atoms with E-state index in [1.54, 1.807) is 0 Å². The second kappa shape index (κ2) is 6.84. The molecule has 2 heterocycles. The molecule has 0 aliphatic carbocycles. The van der Waals surface area contributed by atoms with Gasteiger partial charge in [0.1, 0.15) is 11.4 Å². The molecule has 0 bridgehead atoms. The van der Waals surface area contributed by atoms with Crippen LogP contribution in [0.15, 0.2) is 48.8 Å². The van der Waals surface area contributed by atoms with Crippen molar-refractivity contribution in [2.45, 2.75) is 19.8 Å². The van der Waals surface area contributed by atoms with Crippen LogP contribution in [0.5, 0.6) is 5.75 Å². The Morgan fingerprint density at radius 2 is 2.00 bits per heavy atom. The lowest BCUT2D eigenvalue weighted by molar-refractivity contribution is 0.311. The van der Waals surface area contributed by atoms with E-state index in [9.17, 15) is 0 Å². The Morgan fingerprint density at radius 1 is 1.14 bits per heavy atom. The molecule has 0 atom stereocenters. The van der Waals surface area contributed by atoms with Gasteiger partial charge in [0.15, 0.2) is 0 Å². The molecule has 0 radical (unpaired) electrons. The first-order chi connectivity index (χ1) is 10.8. The van der Waals surface area contributed by atoms with Crippen LogP contribution in [0.1, 0.15) is 18.4 Å². The van der Waals surface area contributed by atoms with E-state index in [0.29, 0.717) is 12.5 Å². The minimum atomic E-state index is 0.677. The highest BCUT2D eigenvalue weighted by molar-refractivity contribution is 6.17. The Hall–Kier alpha value is -2.00. The number of ether oxygens (including phenoxy) is 1. The van der Waals surface area contributed by atoms with Crippen LogP contribution in [-0.4, -0.2) is 21.9 Å². The number of benzene rings is 1. The predicted molar refractivity (Wildman–Crippen MR) is 90.8 cm³/mol. The SMILES string of the molecule is Cc1cccn2cc(-c3ccccc3OCCCCCl)nc12. The number of aromatic nitrogens is 2. The molecule has 3 aromatic rings. The lowest BCUT2D eigenvalue weighted by Gasteiger charge is -2.09. The van der Waals surface area contributed by atoms with Crippen LogP contribution in [0.4, 0.5) is 0 Å². The molecule has 0 N–H and O–H groups in total. The monoisotopic (exact) mass is 314 g/mol. The maximum absolute atomic E-state index is 5.91. The third-order valence-electron chi connectivity index (χ3n) is 3.63. The van der Waals surface area contributed by atoms with E-state index in [1.165, 1.54) is 0 Å². The van der Waals surface area contributed by atoms with Gasteiger partial charge in [-0.2, -0.15) is 0 Å². The van der Waals surface area contributed by atoms with Gasteiger partial charge in [0.2, 0.25) is 0 Å². The number of pyridine rings is 1. The van der Waals surface area contributed by atoms with E-state index in [4.69, 9.17) is 21.3 Å². The topological polar surface area (TPSA) is 26.5 Å². The summed E-state index contributed by atoms with van der Waals surface area (Å²) >= 11 is 5.70. The minimum Gasteiger partial charge on any atom is -0.493 e. The largest absolute Gasteiger partial charge is 0.493 e. The molecule has 1 aromatic carbocycles. The number of nitrogens with zero attached hydrogens (tertiary/aromatic N) is 2. The van der Waals surface area contributed by atoms with Crippen molar-refractivity contribution in [1.82, 2.24) is 9.38 Å². The van der Waals surface area contributed by atoms with Crippen LogP contribution < -0.4 is 4.74 Å². The van der Waals surface area contributed by atoms with Crippen LogP contribution >= 0.6 is 11.6 Å². The Labute approximate surface area is 135 Å². The molecular formula is C18H19ClN2O. The lowest BCUT2D eigenvalue weighted by Crippen LogP contribution is -1.99. The molecule has 2 aromatic heterocycles. The van der Waals surface area contributed by atoms with Crippen LogP contribution in [0.2, 0.25) is 0 Å². The van der Waals surface area contributed by atoms with Crippen molar-refractivity contribution in [2.24, 2.45) is 0 Å². The van der Waals surface area contributed by atoms with Crippen LogP contribution in [-0.2, 0) is 0 Å². The quantitative estimate of drug-likeness (QED) is 0.486. The lowest BCUT2D eigenvalue weighted by atomic mass is 10.1. The molecule has 22 heavy (non-hydrogen) atoms. The molecular weight excluding hydrogens is 296 g/mol. The molecule has 0 aliphatic rings. The smallest absolute Gasteiger partial charge is 0.140 e. The number of imidazole rings is 1. The third-order valence-corrected chi connectivity index (χ3v) is 3.89. The fourth-order valence-corrected chi connectivity index (χ4v) is 2.66. The first kappa shape index (κ1) is 14.9. The van der Waals surface area contributed by atoms with Gasteiger partial charge in [0.25, 0.3) is 0 Å². The highest BCUT2D eigenvalue weighted by Gasteiger charge is 2.10. The van der Waals surface area contributed by atoms with E-state index in [1.807, 2.05) is 42.7 Å². The van der Waals surface area contributed by atoms with Gasteiger partial charge in [-0.25, -0.2) is 4.98 Å². The molecule has 0 amide bonds. The van der Waals surface area contributed by atoms with Crippen LogP contribution in [0.25, 0.3) is 16.9 Å². The molecule has 4 heteroatoms. The summed E-state index contributed by atoms with van der Waals surface area (Å²) in [5.41, 5.74) is 4.10. The number of fused-ring (bicyclic) bond motifs is 1. The summed E-state index contributed by atoms with van der Waals surface area (Å²) < 4.78 is 7.96. The van der Waals surface area contributed by atoms with Crippen molar-refractivity contribution in [1.29, 1.82) is 0 Å². The van der Waals surface area contributed by atoms with Gasteiger partial charge in [0.05, 0.1) is 12.3 Å². The van der Waals surface area contributed by atoms with Crippen molar-refractivity contribution in [3.63, 3.8) is 0 Å². The van der Waals surface area contributed by atoms with Gasteiger partial charge >= 0.3 is 0 Å². The van der Waals surface area contributed by atoms with E-state index in [-0.39, 0.29) is 0 Å². The normalized spacial score (nSPS) is 11.0. The number of alkyl halides is 1. The van der Waals surface area contributed by atoms with Crippen LogP contribution in [0.3, 0.4) is 0 Å². The maximum Gasteiger partial charge on any atom is 0.140 e. The molecule has 0 spiro atoms. The zero-order valence-corrected chi connectivity index (χ0v) is 13.4. The number of unbranched alkanes of at least 4 members (excludes halogenated alkanes) is 1. The summed E-state index contributed by atoms with van der Waals surface area (Å²) in [7, 11) is 0. The average Bonchev–Trinajstić information content (AvgIpc) is 2.97. The summed E-state index contributed by atoms with van der Waals surface area (Å²) in [4.78, 5) is 4.75. The second-order valence-electron chi connectivity index (χ2n) is 5.29. The first-order valence-corrected chi connectivity index (χ1v) is 8.05. The van der Waals surface area contributed by atoms with E-state index < -0.39 is 0 Å². The number of halogens is 1. The second-order valence-corrected chi connectivity index (χ2v) is 5.67. The fraction of sp³-hybridized carbons (Fsp3) is 0.278. The molecule has 0 aliphatic heterocycles. The molecule has 3 rings (SSSR count). The summed E-state index contributed by atoms with van der Waals surface area (Å²) in [5.74, 6) is 1.55. The van der Waals surface area contributed by atoms with Crippen molar-refractivity contribution >= 4 is 17.2 Å². The number of para-hydroxylation sites is 1. The number of aryl methyl sites for hydroxylation is 1. The predicted octanol–water partition coefficient (Wildman–Crippen LogP) is 4.71. The summed E-state index contributed by atoms with van der Waals surface area (Å²) in [6.45, 7) is 2.75. The number of hydrogen-bond acceptors (Lipinski definition) is 2. The van der Waals surface area contributed by atoms with Gasteiger partial charge in [-0.15, -0.1) is 11.6 Å². The number of hydrogen-bond donors (Lipinski definition) is 0. The van der Waals surface area contributed by atoms with Gasteiger partial charge in [-0.1, -0.05) is 18.2 Å². The number of rotatable bonds is 6. The fourth-order valence-electron chi connectivity index (χ4n) is 2.47. The molecule has 0 fully saturated rings. The highest BCUT2D eigenvalue weighted by atomic mass is 35.5. The zero-order valence-electron chi connectivity index (χ0n) is 12.6.